The minimum absolute atomic E-state index is 0.0276. The van der Waals surface area contributed by atoms with Crippen molar-refractivity contribution in [1.82, 2.24) is 5.32 Å². The van der Waals surface area contributed by atoms with Gasteiger partial charge in [0.05, 0.1) is 12.5 Å². The van der Waals surface area contributed by atoms with Crippen LogP contribution in [0.2, 0.25) is 0 Å². The number of carbonyl (C=O) groups is 2. The first-order chi connectivity index (χ1) is 8.63. The summed E-state index contributed by atoms with van der Waals surface area (Å²) >= 11 is 0. The van der Waals surface area contributed by atoms with Crippen LogP contribution < -0.4 is 5.32 Å². The minimum atomic E-state index is -0.201. The summed E-state index contributed by atoms with van der Waals surface area (Å²) in [5.74, 6) is -0.443. The Kier molecular flexibility index (Phi) is 6.47. The van der Waals surface area contributed by atoms with Crippen molar-refractivity contribution < 1.29 is 14.3 Å². The number of hydrogen-bond donors (Lipinski definition) is 1. The topological polar surface area (TPSA) is 55.4 Å². The second kappa shape index (κ2) is 7.90. The van der Waals surface area contributed by atoms with Crippen LogP contribution in [0, 0.1) is 5.92 Å². The molecule has 18 heavy (non-hydrogen) atoms. The summed E-state index contributed by atoms with van der Waals surface area (Å²) in [7, 11) is 0. The van der Waals surface area contributed by atoms with Gasteiger partial charge < -0.3 is 10.1 Å². The van der Waals surface area contributed by atoms with E-state index in [1.807, 2.05) is 12.2 Å². The van der Waals surface area contributed by atoms with Gasteiger partial charge in [0.2, 0.25) is 5.91 Å². The lowest BCUT2D eigenvalue weighted by molar-refractivity contribution is -0.147. The van der Waals surface area contributed by atoms with Crippen LogP contribution in [-0.4, -0.2) is 24.5 Å². The standard InChI is InChI=1S/C14H23NO3/c1-3-4-5-6-9-18-14(17)12-7-8-13(10-12)15-11(2)16/h7-8,12-13H,3-6,9-10H2,1-2H3,(H,15,16). The molecule has 0 aromatic carbocycles. The zero-order chi connectivity index (χ0) is 13.4. The van der Waals surface area contributed by atoms with Crippen molar-refractivity contribution in [2.24, 2.45) is 5.92 Å². The summed E-state index contributed by atoms with van der Waals surface area (Å²) in [6.07, 6.45) is 8.72. The van der Waals surface area contributed by atoms with E-state index in [0.717, 1.165) is 12.8 Å². The summed E-state index contributed by atoms with van der Waals surface area (Å²) < 4.78 is 5.22. The van der Waals surface area contributed by atoms with E-state index < -0.39 is 0 Å². The predicted molar refractivity (Wildman–Crippen MR) is 70.0 cm³/mol. The Balaban J connectivity index is 2.16. The molecular formula is C14H23NO3. The molecule has 4 heteroatoms. The lowest BCUT2D eigenvalue weighted by atomic mass is 10.1. The van der Waals surface area contributed by atoms with Gasteiger partial charge in [-0.15, -0.1) is 0 Å². The molecule has 0 saturated carbocycles. The van der Waals surface area contributed by atoms with Crippen LogP contribution >= 0.6 is 0 Å². The van der Waals surface area contributed by atoms with Gasteiger partial charge in [-0.3, -0.25) is 9.59 Å². The first kappa shape index (κ1) is 14.7. The van der Waals surface area contributed by atoms with Crippen LogP contribution in [0.5, 0.6) is 0 Å². The van der Waals surface area contributed by atoms with Crippen molar-refractivity contribution >= 4 is 11.9 Å². The average molecular weight is 253 g/mol. The zero-order valence-electron chi connectivity index (χ0n) is 11.3. The maximum atomic E-state index is 11.7. The van der Waals surface area contributed by atoms with Crippen LogP contribution in [0.4, 0.5) is 0 Å². The maximum Gasteiger partial charge on any atom is 0.312 e. The van der Waals surface area contributed by atoms with Gasteiger partial charge in [0.15, 0.2) is 0 Å². The molecule has 0 saturated heterocycles. The quantitative estimate of drug-likeness (QED) is 0.430. The highest BCUT2D eigenvalue weighted by Gasteiger charge is 2.26. The molecule has 1 aliphatic carbocycles. The SMILES string of the molecule is CCCCCCOC(=O)C1C=CC(NC(C)=O)C1. The normalized spacial score (nSPS) is 21.9. The summed E-state index contributed by atoms with van der Waals surface area (Å²) in [6.45, 7) is 4.14. The van der Waals surface area contributed by atoms with Crippen molar-refractivity contribution in [2.45, 2.75) is 52.0 Å². The molecule has 0 aliphatic heterocycles. The Morgan fingerprint density at radius 3 is 2.72 bits per heavy atom. The summed E-state index contributed by atoms with van der Waals surface area (Å²) in [5, 5.41) is 2.78. The largest absolute Gasteiger partial charge is 0.465 e. The second-order valence-corrected chi connectivity index (χ2v) is 4.76. The molecule has 0 radical (unpaired) electrons. The molecule has 2 unspecified atom stereocenters. The summed E-state index contributed by atoms with van der Waals surface area (Å²) in [5.41, 5.74) is 0. The van der Waals surface area contributed by atoms with Crippen molar-refractivity contribution in [2.75, 3.05) is 6.61 Å². The van der Waals surface area contributed by atoms with E-state index in [4.69, 9.17) is 4.74 Å². The highest BCUT2D eigenvalue weighted by molar-refractivity contribution is 5.77. The minimum Gasteiger partial charge on any atom is -0.465 e. The van der Waals surface area contributed by atoms with Gasteiger partial charge in [0.1, 0.15) is 0 Å². The fourth-order valence-corrected chi connectivity index (χ4v) is 2.05. The smallest absolute Gasteiger partial charge is 0.312 e. The van der Waals surface area contributed by atoms with Gasteiger partial charge in [-0.2, -0.15) is 0 Å². The van der Waals surface area contributed by atoms with E-state index in [-0.39, 0.29) is 23.8 Å². The van der Waals surface area contributed by atoms with Crippen LogP contribution in [0.3, 0.4) is 0 Å². The van der Waals surface area contributed by atoms with Crippen molar-refractivity contribution in [3.05, 3.63) is 12.2 Å². The zero-order valence-corrected chi connectivity index (χ0v) is 11.3. The lowest BCUT2D eigenvalue weighted by Crippen LogP contribution is -2.31. The van der Waals surface area contributed by atoms with Gasteiger partial charge in [-0.25, -0.2) is 0 Å². The molecule has 0 aromatic heterocycles. The number of hydrogen-bond acceptors (Lipinski definition) is 3. The first-order valence-electron chi connectivity index (χ1n) is 6.75. The molecule has 0 fully saturated rings. The molecule has 4 nitrogen and oxygen atoms in total. The second-order valence-electron chi connectivity index (χ2n) is 4.76. The Morgan fingerprint density at radius 2 is 2.06 bits per heavy atom. The van der Waals surface area contributed by atoms with E-state index in [0.29, 0.717) is 13.0 Å². The highest BCUT2D eigenvalue weighted by Crippen LogP contribution is 2.19. The van der Waals surface area contributed by atoms with Crippen LogP contribution in [0.15, 0.2) is 12.2 Å². The number of unbranched alkanes of at least 4 members (excludes halogenated alkanes) is 3. The number of rotatable bonds is 7. The molecule has 0 aromatic rings. The van der Waals surface area contributed by atoms with E-state index in [9.17, 15) is 9.59 Å². The van der Waals surface area contributed by atoms with E-state index >= 15 is 0 Å². The maximum absolute atomic E-state index is 11.7. The fraction of sp³-hybridized carbons (Fsp3) is 0.714. The number of amides is 1. The lowest BCUT2D eigenvalue weighted by Gasteiger charge is -2.12. The third-order valence-electron chi connectivity index (χ3n) is 3.02. The van der Waals surface area contributed by atoms with Crippen molar-refractivity contribution in [3.8, 4) is 0 Å². The van der Waals surface area contributed by atoms with Crippen molar-refractivity contribution in [1.29, 1.82) is 0 Å². The van der Waals surface area contributed by atoms with Crippen LogP contribution in [-0.2, 0) is 14.3 Å². The van der Waals surface area contributed by atoms with Gasteiger partial charge in [-0.1, -0.05) is 38.3 Å². The molecular weight excluding hydrogens is 230 g/mol. The Morgan fingerprint density at radius 1 is 1.28 bits per heavy atom. The number of nitrogens with one attached hydrogen (secondary N) is 1. The fourth-order valence-electron chi connectivity index (χ4n) is 2.05. The Bertz CT molecular complexity index is 312. The average Bonchev–Trinajstić information content (AvgIpc) is 2.76. The summed E-state index contributed by atoms with van der Waals surface area (Å²) in [6, 6.07) is -0.0276. The molecule has 1 amide bonds. The summed E-state index contributed by atoms with van der Waals surface area (Å²) in [4.78, 5) is 22.6. The third kappa shape index (κ3) is 5.34. The number of ether oxygens (including phenoxy) is 1. The highest BCUT2D eigenvalue weighted by atomic mass is 16.5. The molecule has 0 bridgehead atoms. The van der Waals surface area contributed by atoms with Gasteiger partial charge in [0, 0.05) is 13.0 Å². The van der Waals surface area contributed by atoms with Gasteiger partial charge in [0.25, 0.3) is 0 Å². The van der Waals surface area contributed by atoms with Gasteiger partial charge in [-0.05, 0) is 12.8 Å². The monoisotopic (exact) mass is 253 g/mol. The first-order valence-corrected chi connectivity index (χ1v) is 6.75. The number of esters is 1. The molecule has 0 heterocycles. The van der Waals surface area contributed by atoms with Gasteiger partial charge >= 0.3 is 5.97 Å². The predicted octanol–water partition coefficient (Wildman–Crippen LogP) is 2.19. The third-order valence-corrected chi connectivity index (χ3v) is 3.02. The van der Waals surface area contributed by atoms with Crippen molar-refractivity contribution in [3.63, 3.8) is 0 Å². The number of carbonyl (C=O) groups excluding carboxylic acids is 2. The molecule has 102 valence electrons. The van der Waals surface area contributed by atoms with E-state index in [1.165, 1.54) is 19.8 Å². The Labute approximate surface area is 109 Å². The molecule has 1 aliphatic rings. The Hall–Kier alpha value is -1.32. The molecule has 1 rings (SSSR count). The molecule has 0 spiro atoms. The molecule has 2 atom stereocenters. The van der Waals surface area contributed by atoms with E-state index in [1.54, 1.807) is 0 Å². The van der Waals surface area contributed by atoms with E-state index in [2.05, 4.69) is 12.2 Å². The molecule has 1 N–H and O–H groups in total. The van der Waals surface area contributed by atoms with Crippen LogP contribution in [0.25, 0.3) is 0 Å². The van der Waals surface area contributed by atoms with Crippen LogP contribution in [0.1, 0.15) is 46.0 Å².